The molecule has 1 saturated carbocycles. The SMILES string of the molecule is CC.CN(CC(=O)N(O)C1CCCCC1)CP(C)(=O)O. The van der Waals surface area contributed by atoms with E-state index in [2.05, 4.69) is 0 Å². The third-order valence-corrected chi connectivity index (χ3v) is 4.09. The summed E-state index contributed by atoms with van der Waals surface area (Å²) in [5.41, 5.74) is 0. The third kappa shape index (κ3) is 8.00. The summed E-state index contributed by atoms with van der Waals surface area (Å²) in [6.45, 7) is 5.22. The Balaban J connectivity index is 0.00000172. The first-order chi connectivity index (χ1) is 9.29. The molecular formula is C13H29N2O4P. The number of likely N-dealkylation sites (N-methyl/N-ethyl adjacent to an activating group) is 1. The Bertz CT molecular complexity index is 326. The second-order valence-electron chi connectivity index (χ2n) is 5.24. The Morgan fingerprint density at radius 1 is 1.25 bits per heavy atom. The fraction of sp³-hybridized carbons (Fsp3) is 0.923. The summed E-state index contributed by atoms with van der Waals surface area (Å²) in [6, 6.07) is -0.0952. The maximum Gasteiger partial charge on any atom is 0.260 e. The average Bonchev–Trinajstić information content (AvgIpc) is 2.39. The van der Waals surface area contributed by atoms with Crippen molar-refractivity contribution >= 4 is 13.3 Å². The van der Waals surface area contributed by atoms with E-state index in [9.17, 15) is 19.5 Å². The molecule has 1 fully saturated rings. The van der Waals surface area contributed by atoms with Crippen LogP contribution in [0.5, 0.6) is 0 Å². The van der Waals surface area contributed by atoms with E-state index in [0.717, 1.165) is 37.2 Å². The smallest absolute Gasteiger partial charge is 0.260 e. The number of carbonyl (C=O) groups excluding carboxylic acids is 1. The molecule has 120 valence electrons. The zero-order chi connectivity index (χ0) is 15.8. The van der Waals surface area contributed by atoms with E-state index < -0.39 is 13.3 Å². The van der Waals surface area contributed by atoms with Crippen LogP contribution in [0.25, 0.3) is 0 Å². The van der Waals surface area contributed by atoms with Gasteiger partial charge in [-0.05, 0) is 19.9 Å². The van der Waals surface area contributed by atoms with Gasteiger partial charge in [0.05, 0.1) is 18.9 Å². The molecule has 0 aliphatic heterocycles. The minimum absolute atomic E-state index is 0.0363. The van der Waals surface area contributed by atoms with Crippen LogP contribution in [0.3, 0.4) is 0 Å². The van der Waals surface area contributed by atoms with Crippen LogP contribution in [0, 0.1) is 0 Å². The molecule has 7 heteroatoms. The lowest BCUT2D eigenvalue weighted by Crippen LogP contribution is -2.43. The average molecular weight is 308 g/mol. The van der Waals surface area contributed by atoms with Gasteiger partial charge in [0.25, 0.3) is 5.91 Å². The lowest BCUT2D eigenvalue weighted by molar-refractivity contribution is -0.179. The number of nitrogens with zero attached hydrogens (tertiary/aromatic N) is 2. The molecule has 0 saturated heterocycles. The monoisotopic (exact) mass is 308 g/mol. The van der Waals surface area contributed by atoms with Crippen molar-refractivity contribution in [1.82, 2.24) is 9.96 Å². The van der Waals surface area contributed by atoms with Crippen LogP contribution in [0.15, 0.2) is 0 Å². The zero-order valence-electron chi connectivity index (χ0n) is 13.1. The largest absolute Gasteiger partial charge is 0.344 e. The molecule has 1 aliphatic rings. The summed E-state index contributed by atoms with van der Waals surface area (Å²) >= 11 is 0. The van der Waals surface area contributed by atoms with Gasteiger partial charge in [-0.3, -0.25) is 19.5 Å². The summed E-state index contributed by atoms with van der Waals surface area (Å²) in [5.74, 6) is -0.405. The van der Waals surface area contributed by atoms with Gasteiger partial charge in [0, 0.05) is 6.66 Å². The normalized spacial score (nSPS) is 18.9. The van der Waals surface area contributed by atoms with Crippen molar-refractivity contribution in [2.75, 3.05) is 26.5 Å². The van der Waals surface area contributed by atoms with E-state index in [0.29, 0.717) is 0 Å². The fourth-order valence-corrected chi connectivity index (χ4v) is 3.33. The highest BCUT2D eigenvalue weighted by Gasteiger charge is 2.25. The molecule has 0 heterocycles. The standard InChI is InChI=1S/C11H23N2O4P.C2H6/c1-12(9-18(2,16)17)8-11(14)13(15)10-6-4-3-5-7-10;1-2/h10,15H,3-9H2,1-2H3,(H,16,17);1-2H3. The van der Waals surface area contributed by atoms with Gasteiger partial charge in [0.1, 0.15) is 0 Å². The summed E-state index contributed by atoms with van der Waals surface area (Å²) in [5, 5.41) is 10.6. The van der Waals surface area contributed by atoms with E-state index in [1.54, 1.807) is 7.05 Å². The molecule has 0 radical (unpaired) electrons. The molecule has 1 aliphatic carbocycles. The van der Waals surface area contributed by atoms with Crippen LogP contribution in [0.2, 0.25) is 0 Å². The molecule has 0 aromatic rings. The van der Waals surface area contributed by atoms with Crippen LogP contribution in [0.1, 0.15) is 46.0 Å². The van der Waals surface area contributed by atoms with Crippen molar-refractivity contribution in [3.63, 3.8) is 0 Å². The number of hydroxylamine groups is 2. The molecule has 0 spiro atoms. The third-order valence-electron chi connectivity index (χ3n) is 3.09. The highest BCUT2D eigenvalue weighted by Crippen LogP contribution is 2.35. The van der Waals surface area contributed by atoms with Gasteiger partial charge in [-0.1, -0.05) is 33.1 Å². The fourth-order valence-electron chi connectivity index (χ4n) is 2.33. The minimum Gasteiger partial charge on any atom is -0.344 e. The molecule has 1 unspecified atom stereocenters. The summed E-state index contributed by atoms with van der Waals surface area (Å²) in [7, 11) is -1.57. The predicted octanol–water partition coefficient (Wildman–Crippen LogP) is 2.35. The van der Waals surface area contributed by atoms with Crippen LogP contribution in [0.4, 0.5) is 0 Å². The second-order valence-corrected chi connectivity index (χ2v) is 7.62. The van der Waals surface area contributed by atoms with Gasteiger partial charge < -0.3 is 4.89 Å². The highest BCUT2D eigenvalue weighted by molar-refractivity contribution is 7.57. The summed E-state index contributed by atoms with van der Waals surface area (Å²) in [6.07, 6.45) is 4.84. The van der Waals surface area contributed by atoms with E-state index in [1.165, 1.54) is 11.6 Å². The van der Waals surface area contributed by atoms with Gasteiger partial charge in [0.15, 0.2) is 0 Å². The molecule has 0 bridgehead atoms. The van der Waals surface area contributed by atoms with Gasteiger partial charge in [-0.2, -0.15) is 0 Å². The molecule has 1 amide bonds. The van der Waals surface area contributed by atoms with E-state index in [1.807, 2.05) is 13.8 Å². The van der Waals surface area contributed by atoms with Gasteiger partial charge in [-0.25, -0.2) is 5.06 Å². The first-order valence-electron chi connectivity index (χ1n) is 7.28. The minimum atomic E-state index is -3.17. The molecular weight excluding hydrogens is 279 g/mol. The molecule has 0 aromatic heterocycles. The van der Waals surface area contributed by atoms with Crippen LogP contribution < -0.4 is 0 Å². The summed E-state index contributed by atoms with van der Waals surface area (Å²) in [4.78, 5) is 22.5. The Kier molecular flexibility index (Phi) is 9.30. The van der Waals surface area contributed by atoms with Crippen LogP contribution in [-0.2, 0) is 9.36 Å². The molecule has 1 rings (SSSR count). The highest BCUT2D eigenvalue weighted by atomic mass is 31.2. The first kappa shape index (κ1) is 19.6. The first-order valence-corrected chi connectivity index (χ1v) is 9.57. The zero-order valence-corrected chi connectivity index (χ0v) is 14.0. The number of carbonyl (C=O) groups is 1. The van der Waals surface area contributed by atoms with Crippen molar-refractivity contribution < 1.29 is 19.5 Å². The number of rotatable bonds is 5. The Morgan fingerprint density at radius 2 is 1.75 bits per heavy atom. The van der Waals surface area contributed by atoms with Gasteiger partial charge in [-0.15, -0.1) is 0 Å². The predicted molar refractivity (Wildman–Crippen MR) is 80.1 cm³/mol. The number of hydrogen-bond acceptors (Lipinski definition) is 4. The van der Waals surface area contributed by atoms with Crippen molar-refractivity contribution in [2.24, 2.45) is 0 Å². The molecule has 0 aromatic carbocycles. The van der Waals surface area contributed by atoms with Crippen molar-refractivity contribution in [3.8, 4) is 0 Å². The Morgan fingerprint density at radius 3 is 2.20 bits per heavy atom. The number of amides is 1. The van der Waals surface area contributed by atoms with Gasteiger partial charge >= 0.3 is 0 Å². The maximum atomic E-state index is 11.8. The Hall–Kier alpha value is -0.420. The maximum absolute atomic E-state index is 11.8. The van der Waals surface area contributed by atoms with Crippen LogP contribution in [-0.4, -0.2) is 58.6 Å². The van der Waals surface area contributed by atoms with E-state index >= 15 is 0 Å². The van der Waals surface area contributed by atoms with Gasteiger partial charge in [0.2, 0.25) is 7.37 Å². The lowest BCUT2D eigenvalue weighted by Gasteiger charge is -2.30. The van der Waals surface area contributed by atoms with Crippen LogP contribution >= 0.6 is 7.37 Å². The lowest BCUT2D eigenvalue weighted by atomic mass is 9.95. The quantitative estimate of drug-likeness (QED) is 0.463. The Labute approximate surface area is 122 Å². The molecule has 20 heavy (non-hydrogen) atoms. The molecule has 6 nitrogen and oxygen atoms in total. The van der Waals surface area contributed by atoms with E-state index in [4.69, 9.17) is 0 Å². The second kappa shape index (κ2) is 9.50. The molecule has 2 N–H and O–H groups in total. The van der Waals surface area contributed by atoms with E-state index in [-0.39, 0.29) is 18.9 Å². The van der Waals surface area contributed by atoms with Crippen molar-refractivity contribution in [2.45, 2.75) is 52.0 Å². The van der Waals surface area contributed by atoms with Crippen molar-refractivity contribution in [1.29, 1.82) is 0 Å². The van der Waals surface area contributed by atoms with Crippen molar-refractivity contribution in [3.05, 3.63) is 0 Å². The molecule has 1 atom stereocenters. The topological polar surface area (TPSA) is 81.1 Å². The number of hydrogen-bond donors (Lipinski definition) is 2. The summed E-state index contributed by atoms with van der Waals surface area (Å²) < 4.78 is 11.2.